The van der Waals surface area contributed by atoms with Gasteiger partial charge in [-0.2, -0.15) is 0 Å². The average Bonchev–Trinajstić information content (AvgIpc) is 2.61. The van der Waals surface area contributed by atoms with Gasteiger partial charge >= 0.3 is 0 Å². The van der Waals surface area contributed by atoms with E-state index in [1.54, 1.807) is 0 Å². The maximum Gasteiger partial charge on any atom is 0.223 e. The molecule has 0 spiro atoms. The number of rotatable bonds is 5. The van der Waals surface area contributed by atoms with Gasteiger partial charge in [-0.1, -0.05) is 68.4 Å². The third-order valence-corrected chi connectivity index (χ3v) is 4.59. The van der Waals surface area contributed by atoms with Crippen LogP contribution in [0.15, 0.2) is 54.6 Å². The van der Waals surface area contributed by atoms with Crippen molar-refractivity contribution >= 4 is 5.91 Å². The molecule has 3 rings (SSSR count). The van der Waals surface area contributed by atoms with Crippen LogP contribution >= 0.6 is 0 Å². The summed E-state index contributed by atoms with van der Waals surface area (Å²) in [6.45, 7) is 4.41. The first kappa shape index (κ1) is 16.7. The molecule has 1 N–H and O–H groups in total. The Balaban J connectivity index is 1.77. The van der Waals surface area contributed by atoms with Crippen LogP contribution in [0.4, 0.5) is 0 Å². The summed E-state index contributed by atoms with van der Waals surface area (Å²) in [7, 11) is 0. The molecule has 0 aliphatic heterocycles. The summed E-state index contributed by atoms with van der Waals surface area (Å²) in [5, 5.41) is 3.20. The first-order chi connectivity index (χ1) is 11.6. The van der Waals surface area contributed by atoms with E-state index < -0.39 is 0 Å². The summed E-state index contributed by atoms with van der Waals surface area (Å²) in [4.78, 5) is 12.3. The highest BCUT2D eigenvalue weighted by Gasteiger charge is 2.31. The number of hydrogen-bond donors (Lipinski definition) is 1. The van der Waals surface area contributed by atoms with E-state index in [0.717, 1.165) is 18.4 Å². The molecule has 3 nitrogen and oxygen atoms in total. The fourth-order valence-corrected chi connectivity index (χ4v) is 3.18. The monoisotopic (exact) mass is 323 g/mol. The molecular formula is C21H25NO2. The van der Waals surface area contributed by atoms with Gasteiger partial charge in [0.15, 0.2) is 0 Å². The smallest absolute Gasteiger partial charge is 0.223 e. The molecule has 1 aliphatic rings. The topological polar surface area (TPSA) is 38.3 Å². The first-order valence-electron chi connectivity index (χ1n) is 8.69. The standard InChI is InChI=1S/C21H25NO2/c1-15(2)21(23)22-20-18-11-7-6-10-17(18)12-13-19(20)24-14-16-8-4-3-5-9-16/h3-11,15,19-20H,12-14H2,1-2H3,(H,22,23)/t19-,20-/m1/s1. The lowest BCUT2D eigenvalue weighted by Crippen LogP contribution is -2.42. The largest absolute Gasteiger partial charge is 0.371 e. The molecule has 2 atom stereocenters. The molecule has 3 heteroatoms. The van der Waals surface area contributed by atoms with Crippen LogP contribution in [0.1, 0.15) is 43.0 Å². The van der Waals surface area contributed by atoms with E-state index in [9.17, 15) is 4.79 Å². The second-order valence-corrected chi connectivity index (χ2v) is 6.71. The third kappa shape index (κ3) is 3.85. The molecule has 0 unspecified atom stereocenters. The zero-order valence-corrected chi connectivity index (χ0v) is 14.4. The predicted molar refractivity (Wildman–Crippen MR) is 95.5 cm³/mol. The summed E-state index contributed by atoms with van der Waals surface area (Å²) < 4.78 is 6.20. The van der Waals surface area contributed by atoms with Crippen molar-refractivity contribution in [3.05, 3.63) is 71.3 Å². The highest BCUT2D eigenvalue weighted by atomic mass is 16.5. The maximum atomic E-state index is 12.3. The van der Waals surface area contributed by atoms with Crippen molar-refractivity contribution in [1.82, 2.24) is 5.32 Å². The highest BCUT2D eigenvalue weighted by Crippen LogP contribution is 2.32. The van der Waals surface area contributed by atoms with Crippen molar-refractivity contribution in [2.75, 3.05) is 0 Å². The Bertz CT molecular complexity index is 681. The second kappa shape index (κ2) is 7.63. The minimum Gasteiger partial charge on any atom is -0.371 e. The normalized spacial score (nSPS) is 19.8. The van der Waals surface area contributed by atoms with Gasteiger partial charge in [-0.3, -0.25) is 4.79 Å². The van der Waals surface area contributed by atoms with E-state index in [4.69, 9.17) is 4.74 Å². The number of fused-ring (bicyclic) bond motifs is 1. The van der Waals surface area contributed by atoms with Crippen LogP contribution < -0.4 is 5.32 Å². The molecule has 0 fully saturated rings. The molecule has 1 amide bonds. The molecule has 1 aliphatic carbocycles. The van der Waals surface area contributed by atoms with Gasteiger partial charge in [0, 0.05) is 5.92 Å². The maximum absolute atomic E-state index is 12.3. The Morgan fingerprint density at radius 2 is 1.83 bits per heavy atom. The molecular weight excluding hydrogens is 298 g/mol. The van der Waals surface area contributed by atoms with Crippen LogP contribution in [0.5, 0.6) is 0 Å². The van der Waals surface area contributed by atoms with Gasteiger partial charge in [-0.05, 0) is 29.5 Å². The van der Waals surface area contributed by atoms with Crippen molar-refractivity contribution in [2.24, 2.45) is 5.92 Å². The van der Waals surface area contributed by atoms with E-state index in [1.165, 1.54) is 11.1 Å². The molecule has 0 saturated heterocycles. The lowest BCUT2D eigenvalue weighted by molar-refractivity contribution is -0.126. The fourth-order valence-electron chi connectivity index (χ4n) is 3.18. The van der Waals surface area contributed by atoms with Gasteiger partial charge in [-0.25, -0.2) is 0 Å². The molecule has 2 aromatic rings. The molecule has 0 aromatic heterocycles. The van der Waals surface area contributed by atoms with Crippen molar-refractivity contribution in [3.63, 3.8) is 0 Å². The number of carbonyl (C=O) groups is 1. The van der Waals surface area contributed by atoms with E-state index in [2.05, 4.69) is 35.6 Å². The Kier molecular flexibility index (Phi) is 5.31. The molecule has 0 radical (unpaired) electrons. The van der Waals surface area contributed by atoms with Crippen molar-refractivity contribution in [2.45, 2.75) is 45.4 Å². The van der Waals surface area contributed by atoms with E-state index in [0.29, 0.717) is 6.61 Å². The predicted octanol–water partition coefficient (Wildman–Crippen LogP) is 4.03. The van der Waals surface area contributed by atoms with E-state index >= 15 is 0 Å². The van der Waals surface area contributed by atoms with Crippen LogP contribution in [0.2, 0.25) is 0 Å². The Hall–Kier alpha value is -2.13. The third-order valence-electron chi connectivity index (χ3n) is 4.59. The summed E-state index contributed by atoms with van der Waals surface area (Å²) >= 11 is 0. The van der Waals surface area contributed by atoms with Gasteiger partial charge in [0.1, 0.15) is 0 Å². The number of hydrogen-bond acceptors (Lipinski definition) is 2. The number of aryl methyl sites for hydroxylation is 1. The van der Waals surface area contributed by atoms with Crippen molar-refractivity contribution < 1.29 is 9.53 Å². The molecule has 24 heavy (non-hydrogen) atoms. The zero-order chi connectivity index (χ0) is 16.9. The Morgan fingerprint density at radius 3 is 2.58 bits per heavy atom. The quantitative estimate of drug-likeness (QED) is 0.902. The van der Waals surface area contributed by atoms with Crippen molar-refractivity contribution in [3.8, 4) is 0 Å². The number of ether oxygens (including phenoxy) is 1. The van der Waals surface area contributed by atoms with Gasteiger partial charge < -0.3 is 10.1 Å². The number of nitrogens with one attached hydrogen (secondary N) is 1. The Labute approximate surface area is 144 Å². The second-order valence-electron chi connectivity index (χ2n) is 6.71. The van der Waals surface area contributed by atoms with Gasteiger partial charge in [0.2, 0.25) is 5.91 Å². The summed E-state index contributed by atoms with van der Waals surface area (Å²) in [5.41, 5.74) is 3.66. The number of amides is 1. The van der Waals surface area contributed by atoms with Crippen LogP contribution in [0, 0.1) is 5.92 Å². The number of benzene rings is 2. The summed E-state index contributed by atoms with van der Waals surface area (Å²) in [5.74, 6) is 0.0406. The lowest BCUT2D eigenvalue weighted by atomic mass is 9.85. The van der Waals surface area contributed by atoms with Crippen molar-refractivity contribution in [1.29, 1.82) is 0 Å². The SMILES string of the molecule is CC(C)C(=O)N[C@@H]1c2ccccc2CC[C@H]1OCc1ccccc1. The van der Waals surface area contributed by atoms with Gasteiger partial charge in [-0.15, -0.1) is 0 Å². The molecule has 2 aromatic carbocycles. The van der Waals surface area contributed by atoms with Crippen LogP contribution in [0.25, 0.3) is 0 Å². The van der Waals surface area contributed by atoms with Gasteiger partial charge in [0.05, 0.1) is 18.8 Å². The van der Waals surface area contributed by atoms with E-state index in [-0.39, 0.29) is 24.0 Å². The van der Waals surface area contributed by atoms with Crippen LogP contribution in [-0.4, -0.2) is 12.0 Å². The van der Waals surface area contributed by atoms with E-state index in [1.807, 2.05) is 38.1 Å². The minimum atomic E-state index is -0.0754. The van der Waals surface area contributed by atoms with Crippen LogP contribution in [-0.2, 0) is 22.6 Å². The zero-order valence-electron chi connectivity index (χ0n) is 14.4. The summed E-state index contributed by atoms with van der Waals surface area (Å²) in [6, 6.07) is 18.5. The molecule has 126 valence electrons. The molecule has 0 saturated carbocycles. The van der Waals surface area contributed by atoms with Gasteiger partial charge in [0.25, 0.3) is 0 Å². The number of carbonyl (C=O) groups excluding carboxylic acids is 1. The van der Waals surface area contributed by atoms with Crippen LogP contribution in [0.3, 0.4) is 0 Å². The molecule has 0 bridgehead atoms. The highest BCUT2D eigenvalue weighted by molar-refractivity contribution is 5.78. The Morgan fingerprint density at radius 1 is 1.12 bits per heavy atom. The lowest BCUT2D eigenvalue weighted by Gasteiger charge is -2.34. The minimum absolute atomic E-state index is 0.00260. The first-order valence-corrected chi connectivity index (χ1v) is 8.69. The summed E-state index contributed by atoms with van der Waals surface area (Å²) in [6.07, 6.45) is 1.92. The fraction of sp³-hybridized carbons (Fsp3) is 0.381. The average molecular weight is 323 g/mol. The molecule has 0 heterocycles.